The number of anilines is 1. The predicted octanol–water partition coefficient (Wildman–Crippen LogP) is 3.99. The molecule has 0 heterocycles. The average Bonchev–Trinajstić information content (AvgIpc) is 2.80. The van der Waals surface area contributed by atoms with Gasteiger partial charge in [-0.1, -0.05) is 54.1 Å². The van der Waals surface area contributed by atoms with Crippen molar-refractivity contribution in [2.45, 2.75) is 19.3 Å². The highest BCUT2D eigenvalue weighted by atomic mass is 35.5. The fourth-order valence-electron chi connectivity index (χ4n) is 2.77. The van der Waals surface area contributed by atoms with E-state index in [0.29, 0.717) is 22.1 Å². The Hall–Kier alpha value is -2.37. The number of hydrogen-bond donors (Lipinski definition) is 3. The third kappa shape index (κ3) is 4.38. The van der Waals surface area contributed by atoms with Crippen LogP contribution in [0.3, 0.4) is 0 Å². The van der Waals surface area contributed by atoms with Crippen LogP contribution >= 0.6 is 23.8 Å². The highest BCUT2D eigenvalue weighted by Gasteiger charge is 2.20. The second kappa shape index (κ2) is 8.14. The highest BCUT2D eigenvalue weighted by Crippen LogP contribution is 2.32. The summed E-state index contributed by atoms with van der Waals surface area (Å²) in [7, 11) is 0. The predicted molar refractivity (Wildman–Crippen MR) is 106 cm³/mol. The summed E-state index contributed by atoms with van der Waals surface area (Å²) in [4.78, 5) is 12.5. The summed E-state index contributed by atoms with van der Waals surface area (Å²) in [6.07, 6.45) is 2.41. The Morgan fingerprint density at radius 3 is 2.48 bits per heavy atom. The Morgan fingerprint density at radius 1 is 0.960 bits per heavy atom. The van der Waals surface area contributed by atoms with Gasteiger partial charge in [-0.15, -0.1) is 0 Å². The van der Waals surface area contributed by atoms with Crippen molar-refractivity contribution in [3.05, 3.63) is 71.3 Å². The second-order valence-electron chi connectivity index (χ2n) is 5.70. The number of benzene rings is 2. The third-order valence-electron chi connectivity index (χ3n) is 3.99. The van der Waals surface area contributed by atoms with Gasteiger partial charge >= 0.3 is 0 Å². The lowest BCUT2D eigenvalue weighted by molar-refractivity contribution is -0.118. The van der Waals surface area contributed by atoms with E-state index in [0.717, 1.165) is 24.1 Å². The van der Waals surface area contributed by atoms with Crippen LogP contribution in [-0.2, 0) is 11.2 Å². The van der Waals surface area contributed by atoms with E-state index in [1.165, 1.54) is 5.56 Å². The van der Waals surface area contributed by atoms with Crippen molar-refractivity contribution in [2.24, 2.45) is 0 Å². The van der Waals surface area contributed by atoms with E-state index in [9.17, 15) is 4.79 Å². The Kier molecular flexibility index (Phi) is 5.68. The number of carbonyl (C=O) groups is 1. The topological polar surface area (TPSA) is 53.2 Å². The van der Waals surface area contributed by atoms with Crippen LogP contribution in [0.15, 0.2) is 60.2 Å². The van der Waals surface area contributed by atoms with Crippen molar-refractivity contribution >= 4 is 45.6 Å². The number of hydrazine groups is 1. The molecule has 1 amide bonds. The van der Waals surface area contributed by atoms with E-state index in [1.54, 1.807) is 0 Å². The first kappa shape index (κ1) is 17.5. The summed E-state index contributed by atoms with van der Waals surface area (Å²) in [5.41, 5.74) is 8.86. The number of aryl methyl sites for hydroxylation is 1. The monoisotopic (exact) mass is 371 g/mol. The summed E-state index contributed by atoms with van der Waals surface area (Å²) in [6, 6.07) is 17.4. The van der Waals surface area contributed by atoms with Gasteiger partial charge < -0.3 is 5.32 Å². The van der Waals surface area contributed by atoms with Crippen LogP contribution in [0, 0.1) is 0 Å². The number of carbonyl (C=O) groups excluding carboxylic acids is 1. The van der Waals surface area contributed by atoms with Crippen LogP contribution in [0.1, 0.15) is 24.0 Å². The van der Waals surface area contributed by atoms with Crippen LogP contribution in [0.4, 0.5) is 5.69 Å². The maximum atomic E-state index is 12.5. The SMILES string of the molecule is O=C(NNC(=S)Nc1ccccc1)C1=C(Cl)c2ccccc2CCC1. The van der Waals surface area contributed by atoms with Crippen molar-refractivity contribution in [1.82, 2.24) is 10.9 Å². The lowest BCUT2D eigenvalue weighted by atomic mass is 10.0. The first-order valence-corrected chi connectivity index (χ1v) is 8.83. The molecule has 0 bridgehead atoms. The molecule has 0 radical (unpaired) electrons. The molecule has 0 unspecified atom stereocenters. The number of rotatable bonds is 2. The minimum Gasteiger partial charge on any atom is -0.331 e. The highest BCUT2D eigenvalue weighted by molar-refractivity contribution is 7.80. The number of hydrogen-bond acceptors (Lipinski definition) is 2. The van der Waals surface area contributed by atoms with Gasteiger partial charge in [-0.3, -0.25) is 15.6 Å². The molecule has 4 nitrogen and oxygen atoms in total. The maximum Gasteiger partial charge on any atom is 0.267 e. The zero-order chi connectivity index (χ0) is 17.6. The van der Waals surface area contributed by atoms with E-state index in [1.807, 2.05) is 48.5 Å². The summed E-state index contributed by atoms with van der Waals surface area (Å²) >= 11 is 11.7. The Labute approximate surface area is 157 Å². The molecule has 2 aromatic carbocycles. The van der Waals surface area contributed by atoms with Gasteiger partial charge in [0, 0.05) is 11.3 Å². The zero-order valence-corrected chi connectivity index (χ0v) is 15.1. The van der Waals surface area contributed by atoms with Crippen molar-refractivity contribution in [3.8, 4) is 0 Å². The molecular weight excluding hydrogens is 354 g/mol. The molecule has 128 valence electrons. The minimum absolute atomic E-state index is 0.265. The van der Waals surface area contributed by atoms with E-state index >= 15 is 0 Å². The third-order valence-corrected chi connectivity index (χ3v) is 4.62. The zero-order valence-electron chi connectivity index (χ0n) is 13.5. The standard InChI is InChI=1S/C19H18ClN3OS/c20-17-15-11-5-4-7-13(15)8-6-12-16(17)18(24)22-23-19(25)21-14-9-2-1-3-10-14/h1-5,7,9-11H,6,8,12H2,(H,22,24)(H2,21,23,25). The molecule has 6 heteroatoms. The molecule has 0 saturated carbocycles. The molecule has 0 fully saturated rings. The van der Waals surface area contributed by atoms with Crippen molar-refractivity contribution in [1.29, 1.82) is 0 Å². The van der Waals surface area contributed by atoms with Gasteiger partial charge in [0.2, 0.25) is 0 Å². The molecule has 0 atom stereocenters. The van der Waals surface area contributed by atoms with E-state index in [-0.39, 0.29) is 5.91 Å². The van der Waals surface area contributed by atoms with Crippen LogP contribution < -0.4 is 16.2 Å². The van der Waals surface area contributed by atoms with Gasteiger partial charge in [0.05, 0.1) is 5.03 Å². The molecule has 1 aliphatic rings. The summed E-state index contributed by atoms with van der Waals surface area (Å²) < 4.78 is 0. The molecule has 25 heavy (non-hydrogen) atoms. The van der Waals surface area contributed by atoms with Crippen LogP contribution in [-0.4, -0.2) is 11.0 Å². The molecule has 0 aromatic heterocycles. The van der Waals surface area contributed by atoms with Crippen LogP contribution in [0.2, 0.25) is 0 Å². The quantitative estimate of drug-likeness (QED) is 0.552. The lowest BCUT2D eigenvalue weighted by Gasteiger charge is -2.13. The minimum atomic E-state index is -0.265. The molecule has 0 spiro atoms. The summed E-state index contributed by atoms with van der Waals surface area (Å²) in [5.74, 6) is -0.265. The van der Waals surface area contributed by atoms with Crippen molar-refractivity contribution in [2.75, 3.05) is 5.32 Å². The Bertz CT molecular complexity index is 820. The van der Waals surface area contributed by atoms with Crippen LogP contribution in [0.25, 0.3) is 5.03 Å². The summed E-state index contributed by atoms with van der Waals surface area (Å²) in [5, 5.41) is 3.82. The summed E-state index contributed by atoms with van der Waals surface area (Å²) in [6.45, 7) is 0. The van der Waals surface area contributed by atoms with E-state index < -0.39 is 0 Å². The molecule has 0 saturated heterocycles. The molecule has 3 N–H and O–H groups in total. The fraction of sp³-hybridized carbons (Fsp3) is 0.158. The molecule has 0 aliphatic heterocycles. The second-order valence-corrected chi connectivity index (χ2v) is 6.49. The normalized spacial score (nSPS) is 13.5. The van der Waals surface area contributed by atoms with E-state index in [4.69, 9.17) is 23.8 Å². The smallest absolute Gasteiger partial charge is 0.267 e. The van der Waals surface area contributed by atoms with E-state index in [2.05, 4.69) is 22.2 Å². The molecule has 1 aliphatic carbocycles. The van der Waals surface area contributed by atoms with Crippen molar-refractivity contribution < 1.29 is 4.79 Å². The van der Waals surface area contributed by atoms with Gasteiger partial charge in [0.25, 0.3) is 5.91 Å². The number of amides is 1. The van der Waals surface area contributed by atoms with Crippen LogP contribution in [0.5, 0.6) is 0 Å². The first-order chi connectivity index (χ1) is 12.1. The van der Waals surface area contributed by atoms with Gasteiger partial charge in [0.15, 0.2) is 5.11 Å². The number of thiocarbonyl (C=S) groups is 1. The fourth-order valence-corrected chi connectivity index (χ4v) is 3.30. The van der Waals surface area contributed by atoms with Crippen molar-refractivity contribution in [3.63, 3.8) is 0 Å². The van der Waals surface area contributed by atoms with Gasteiger partial charge in [-0.05, 0) is 54.7 Å². The number of halogens is 1. The molecular formula is C19H18ClN3OS. The number of fused-ring (bicyclic) bond motifs is 1. The molecule has 3 rings (SSSR count). The lowest BCUT2D eigenvalue weighted by Crippen LogP contribution is -2.44. The maximum absolute atomic E-state index is 12.5. The number of para-hydroxylation sites is 1. The Balaban J connectivity index is 1.65. The number of nitrogens with one attached hydrogen (secondary N) is 3. The molecule has 2 aromatic rings. The van der Waals surface area contributed by atoms with Gasteiger partial charge in [-0.25, -0.2) is 0 Å². The average molecular weight is 372 g/mol. The first-order valence-electron chi connectivity index (χ1n) is 8.04. The largest absolute Gasteiger partial charge is 0.331 e. The van der Waals surface area contributed by atoms with Gasteiger partial charge in [-0.2, -0.15) is 0 Å². The Morgan fingerprint density at radius 2 is 1.68 bits per heavy atom. The van der Waals surface area contributed by atoms with Gasteiger partial charge in [0.1, 0.15) is 0 Å².